The van der Waals surface area contributed by atoms with Crippen LogP contribution in [0.5, 0.6) is 0 Å². The molecule has 0 aromatic heterocycles. The third-order valence-electron chi connectivity index (χ3n) is 3.06. The number of benzene rings is 1. The number of alkyl halides is 3. The second kappa shape index (κ2) is 4.66. The van der Waals surface area contributed by atoms with Gasteiger partial charge in [-0.3, -0.25) is 0 Å². The standard InChI is InChI=1S/C12H14F3NO/c13-12(14,15)10-2-1-8-7-16-11(3-4-17)6-9(8)5-10/h1-2,5,11,16-17H,3-4,6-7H2. The molecule has 5 heteroatoms. The quantitative estimate of drug-likeness (QED) is 0.836. The largest absolute Gasteiger partial charge is 0.416 e. The molecule has 0 aliphatic carbocycles. The summed E-state index contributed by atoms with van der Waals surface area (Å²) < 4.78 is 37.6. The molecule has 17 heavy (non-hydrogen) atoms. The van der Waals surface area contributed by atoms with E-state index in [-0.39, 0.29) is 12.6 Å². The minimum absolute atomic E-state index is 0.0476. The predicted octanol–water partition coefficient (Wildman–Crippen LogP) is 2.10. The summed E-state index contributed by atoms with van der Waals surface area (Å²) in [6.07, 6.45) is -3.18. The van der Waals surface area contributed by atoms with Gasteiger partial charge in [0, 0.05) is 19.2 Å². The third kappa shape index (κ3) is 2.79. The van der Waals surface area contributed by atoms with Crippen LogP contribution in [0.25, 0.3) is 0 Å². The number of hydrogen-bond donors (Lipinski definition) is 2. The van der Waals surface area contributed by atoms with E-state index in [0.717, 1.165) is 17.2 Å². The number of fused-ring (bicyclic) bond motifs is 1. The Bertz CT molecular complexity index is 403. The first-order valence-corrected chi connectivity index (χ1v) is 5.54. The Balaban J connectivity index is 2.23. The first kappa shape index (κ1) is 12.4. The number of halogens is 3. The SMILES string of the molecule is OCCC1Cc2cc(C(F)(F)F)ccc2CN1. The maximum absolute atomic E-state index is 12.5. The summed E-state index contributed by atoms with van der Waals surface area (Å²) in [6.45, 7) is 0.615. The van der Waals surface area contributed by atoms with E-state index in [1.807, 2.05) is 0 Å². The van der Waals surface area contributed by atoms with Gasteiger partial charge in [-0.2, -0.15) is 13.2 Å². The zero-order valence-electron chi connectivity index (χ0n) is 9.22. The van der Waals surface area contributed by atoms with E-state index in [1.54, 1.807) is 0 Å². The van der Waals surface area contributed by atoms with Gasteiger partial charge in [0.1, 0.15) is 0 Å². The highest BCUT2D eigenvalue weighted by Crippen LogP contribution is 2.31. The summed E-state index contributed by atoms with van der Waals surface area (Å²) >= 11 is 0. The van der Waals surface area contributed by atoms with Crippen LogP contribution in [0.3, 0.4) is 0 Å². The van der Waals surface area contributed by atoms with E-state index >= 15 is 0 Å². The Morgan fingerprint density at radius 1 is 1.29 bits per heavy atom. The molecule has 1 aliphatic rings. The second-order valence-corrected chi connectivity index (χ2v) is 4.28. The number of aliphatic hydroxyl groups excluding tert-OH is 1. The van der Waals surface area contributed by atoms with Crippen molar-refractivity contribution < 1.29 is 18.3 Å². The van der Waals surface area contributed by atoms with E-state index in [1.165, 1.54) is 12.1 Å². The van der Waals surface area contributed by atoms with Crippen LogP contribution in [0.4, 0.5) is 13.2 Å². The normalized spacial score (nSPS) is 20.1. The maximum atomic E-state index is 12.5. The van der Waals surface area contributed by atoms with Crippen LogP contribution >= 0.6 is 0 Å². The van der Waals surface area contributed by atoms with Gasteiger partial charge in [-0.25, -0.2) is 0 Å². The molecule has 1 atom stereocenters. The van der Waals surface area contributed by atoms with Crippen molar-refractivity contribution in [1.82, 2.24) is 5.32 Å². The van der Waals surface area contributed by atoms with Gasteiger partial charge in [-0.15, -0.1) is 0 Å². The van der Waals surface area contributed by atoms with E-state index in [4.69, 9.17) is 5.11 Å². The fraction of sp³-hybridized carbons (Fsp3) is 0.500. The van der Waals surface area contributed by atoms with Crippen LogP contribution in [0.15, 0.2) is 18.2 Å². The van der Waals surface area contributed by atoms with Crippen LogP contribution < -0.4 is 5.32 Å². The molecule has 1 aliphatic heterocycles. The minimum atomic E-state index is -4.29. The number of rotatable bonds is 2. The molecule has 0 amide bonds. The van der Waals surface area contributed by atoms with Crippen molar-refractivity contribution in [2.24, 2.45) is 0 Å². The van der Waals surface area contributed by atoms with Gasteiger partial charge in [0.05, 0.1) is 5.56 Å². The molecule has 1 heterocycles. The zero-order chi connectivity index (χ0) is 12.5. The molecular weight excluding hydrogens is 231 g/mol. The first-order chi connectivity index (χ1) is 8.00. The summed E-state index contributed by atoms with van der Waals surface area (Å²) in [5, 5.41) is 12.0. The van der Waals surface area contributed by atoms with Crippen LogP contribution in [0.2, 0.25) is 0 Å². The second-order valence-electron chi connectivity index (χ2n) is 4.28. The highest BCUT2D eigenvalue weighted by molar-refractivity contribution is 5.35. The predicted molar refractivity (Wildman–Crippen MR) is 57.5 cm³/mol. The van der Waals surface area contributed by atoms with Gasteiger partial charge in [0.15, 0.2) is 0 Å². The Labute approximate surface area is 97.5 Å². The molecular formula is C12H14F3NO. The van der Waals surface area contributed by atoms with Gasteiger partial charge in [0.2, 0.25) is 0 Å². The lowest BCUT2D eigenvalue weighted by atomic mass is 9.92. The highest BCUT2D eigenvalue weighted by atomic mass is 19.4. The van der Waals surface area contributed by atoms with Crippen molar-refractivity contribution in [2.75, 3.05) is 6.61 Å². The Morgan fingerprint density at radius 3 is 2.71 bits per heavy atom. The van der Waals surface area contributed by atoms with Crippen LogP contribution in [-0.2, 0) is 19.1 Å². The fourth-order valence-corrected chi connectivity index (χ4v) is 2.12. The molecule has 2 rings (SSSR count). The molecule has 1 aromatic rings. The summed E-state index contributed by atoms with van der Waals surface area (Å²) in [5.41, 5.74) is 1.05. The summed E-state index contributed by atoms with van der Waals surface area (Å²) in [4.78, 5) is 0. The molecule has 0 bridgehead atoms. The van der Waals surface area contributed by atoms with E-state index in [0.29, 0.717) is 19.4 Å². The zero-order valence-corrected chi connectivity index (χ0v) is 9.22. The lowest BCUT2D eigenvalue weighted by molar-refractivity contribution is -0.137. The summed E-state index contributed by atoms with van der Waals surface area (Å²) in [5.74, 6) is 0. The van der Waals surface area contributed by atoms with Crippen molar-refractivity contribution in [2.45, 2.75) is 31.6 Å². The van der Waals surface area contributed by atoms with Gasteiger partial charge >= 0.3 is 6.18 Å². The molecule has 2 N–H and O–H groups in total. The topological polar surface area (TPSA) is 32.3 Å². The first-order valence-electron chi connectivity index (χ1n) is 5.54. The summed E-state index contributed by atoms with van der Waals surface area (Å²) in [6, 6.07) is 3.93. The Kier molecular flexibility index (Phi) is 3.40. The molecule has 0 saturated carbocycles. The molecule has 0 fully saturated rings. The number of aliphatic hydroxyl groups is 1. The molecule has 1 aromatic carbocycles. The smallest absolute Gasteiger partial charge is 0.396 e. The highest BCUT2D eigenvalue weighted by Gasteiger charge is 2.31. The van der Waals surface area contributed by atoms with Crippen molar-refractivity contribution >= 4 is 0 Å². The van der Waals surface area contributed by atoms with E-state index in [9.17, 15) is 13.2 Å². The lowest BCUT2D eigenvalue weighted by Gasteiger charge is -2.26. The average Bonchev–Trinajstić information content (AvgIpc) is 2.27. The molecule has 0 radical (unpaired) electrons. The molecule has 0 saturated heterocycles. The molecule has 1 unspecified atom stereocenters. The van der Waals surface area contributed by atoms with E-state index in [2.05, 4.69) is 5.32 Å². The van der Waals surface area contributed by atoms with E-state index < -0.39 is 11.7 Å². The molecule has 0 spiro atoms. The Hall–Kier alpha value is -1.07. The molecule has 2 nitrogen and oxygen atoms in total. The van der Waals surface area contributed by atoms with Crippen molar-refractivity contribution in [3.05, 3.63) is 34.9 Å². The van der Waals surface area contributed by atoms with Crippen LogP contribution in [0, 0.1) is 0 Å². The lowest BCUT2D eigenvalue weighted by Crippen LogP contribution is -2.36. The van der Waals surface area contributed by atoms with Crippen molar-refractivity contribution in [3.63, 3.8) is 0 Å². The van der Waals surface area contributed by atoms with Gasteiger partial charge < -0.3 is 10.4 Å². The average molecular weight is 245 g/mol. The monoisotopic (exact) mass is 245 g/mol. The van der Waals surface area contributed by atoms with Gasteiger partial charge in [-0.05, 0) is 36.1 Å². The van der Waals surface area contributed by atoms with Gasteiger partial charge in [-0.1, -0.05) is 6.07 Å². The van der Waals surface area contributed by atoms with Gasteiger partial charge in [0.25, 0.3) is 0 Å². The number of nitrogens with one attached hydrogen (secondary N) is 1. The van der Waals surface area contributed by atoms with Crippen LogP contribution in [0.1, 0.15) is 23.1 Å². The van der Waals surface area contributed by atoms with Crippen molar-refractivity contribution in [3.8, 4) is 0 Å². The maximum Gasteiger partial charge on any atom is 0.416 e. The number of hydrogen-bond acceptors (Lipinski definition) is 2. The minimum Gasteiger partial charge on any atom is -0.396 e. The van der Waals surface area contributed by atoms with Crippen LogP contribution in [-0.4, -0.2) is 17.8 Å². The Morgan fingerprint density at radius 2 is 2.06 bits per heavy atom. The third-order valence-corrected chi connectivity index (χ3v) is 3.06. The van der Waals surface area contributed by atoms with Crippen molar-refractivity contribution in [1.29, 1.82) is 0 Å². The fourth-order valence-electron chi connectivity index (χ4n) is 2.12. The summed E-state index contributed by atoms with van der Waals surface area (Å²) in [7, 11) is 0. The molecule has 94 valence electrons.